The third-order valence-electron chi connectivity index (χ3n) is 3.50. The number of nitrogens with zero attached hydrogens (tertiary/aromatic N) is 3. The van der Waals surface area contributed by atoms with Crippen molar-refractivity contribution in [2.24, 2.45) is 0 Å². The average molecular weight is 259 g/mol. The number of rotatable bonds is 4. The van der Waals surface area contributed by atoms with Crippen LogP contribution >= 0.6 is 0 Å². The zero-order valence-corrected chi connectivity index (χ0v) is 11.6. The molecular formula is C11H21N3O2S. The van der Waals surface area contributed by atoms with E-state index >= 15 is 0 Å². The molecule has 0 amide bonds. The number of hydrogen-bond acceptors (Lipinski definition) is 4. The Hall–Kier alpha value is -0.640. The van der Waals surface area contributed by atoms with Crippen molar-refractivity contribution < 1.29 is 8.42 Å². The summed E-state index contributed by atoms with van der Waals surface area (Å²) in [5.74, 6) is 0.114. The zero-order valence-electron chi connectivity index (χ0n) is 10.8. The first kappa shape index (κ1) is 14.4. The molecule has 98 valence electrons. The smallest absolute Gasteiger partial charge is 0.215 e. The van der Waals surface area contributed by atoms with Crippen molar-refractivity contribution in [2.75, 3.05) is 32.9 Å². The van der Waals surface area contributed by atoms with Crippen LogP contribution in [0.5, 0.6) is 0 Å². The molecule has 1 rings (SSSR count). The minimum atomic E-state index is -3.31. The molecule has 0 aromatic rings. The van der Waals surface area contributed by atoms with Crippen LogP contribution in [0.15, 0.2) is 0 Å². The highest BCUT2D eigenvalue weighted by Crippen LogP contribution is 2.29. The van der Waals surface area contributed by atoms with E-state index in [2.05, 4.69) is 11.0 Å². The second kappa shape index (κ2) is 5.34. The molecule has 0 atom stereocenters. The van der Waals surface area contributed by atoms with Gasteiger partial charge < -0.3 is 4.90 Å². The Kier molecular flexibility index (Phi) is 4.53. The standard InChI is InChI=1S/C11H21N3O2S/c1-4-9-17(15,16)14(3)11(10-12)5-7-13(2)8-6-11/h4-9H2,1-3H3. The van der Waals surface area contributed by atoms with Gasteiger partial charge in [-0.25, -0.2) is 8.42 Å². The molecule has 6 heteroatoms. The molecule has 0 N–H and O–H groups in total. The number of piperidine rings is 1. The fraction of sp³-hybridized carbons (Fsp3) is 0.909. The van der Waals surface area contributed by atoms with Crippen LogP contribution in [0.4, 0.5) is 0 Å². The molecule has 0 radical (unpaired) electrons. The van der Waals surface area contributed by atoms with Crippen LogP contribution in [0, 0.1) is 11.3 Å². The van der Waals surface area contributed by atoms with E-state index in [1.54, 1.807) is 7.05 Å². The second-order valence-corrected chi connectivity index (χ2v) is 6.85. The Labute approximate surface area is 104 Å². The molecule has 1 aliphatic heterocycles. The largest absolute Gasteiger partial charge is 0.306 e. The third-order valence-corrected chi connectivity index (χ3v) is 5.61. The lowest BCUT2D eigenvalue weighted by Gasteiger charge is -2.40. The predicted octanol–water partition coefficient (Wildman–Crippen LogP) is 0.646. The van der Waals surface area contributed by atoms with E-state index in [4.69, 9.17) is 0 Å². The lowest BCUT2D eigenvalue weighted by Crippen LogP contribution is -2.54. The molecule has 0 bridgehead atoms. The Morgan fingerprint density at radius 2 is 1.94 bits per heavy atom. The summed E-state index contributed by atoms with van der Waals surface area (Å²) in [6, 6.07) is 2.22. The third kappa shape index (κ3) is 2.97. The summed E-state index contributed by atoms with van der Waals surface area (Å²) >= 11 is 0. The van der Waals surface area contributed by atoms with Gasteiger partial charge in [0, 0.05) is 20.1 Å². The normalized spacial score (nSPS) is 21.4. The molecule has 0 unspecified atom stereocenters. The summed E-state index contributed by atoms with van der Waals surface area (Å²) < 4.78 is 25.4. The molecule has 5 nitrogen and oxygen atoms in total. The van der Waals surface area contributed by atoms with Crippen LogP contribution in [0.1, 0.15) is 26.2 Å². The lowest BCUT2D eigenvalue weighted by molar-refractivity contribution is 0.149. The van der Waals surface area contributed by atoms with Gasteiger partial charge in [0.2, 0.25) is 10.0 Å². The van der Waals surface area contributed by atoms with Gasteiger partial charge in [-0.05, 0) is 26.3 Å². The minimum absolute atomic E-state index is 0.114. The highest BCUT2D eigenvalue weighted by atomic mass is 32.2. The molecular weight excluding hydrogens is 238 g/mol. The van der Waals surface area contributed by atoms with Gasteiger partial charge in [-0.2, -0.15) is 9.57 Å². The van der Waals surface area contributed by atoms with Crippen LogP contribution in [-0.4, -0.2) is 56.1 Å². The van der Waals surface area contributed by atoms with Gasteiger partial charge in [-0.3, -0.25) is 0 Å². The monoisotopic (exact) mass is 259 g/mol. The van der Waals surface area contributed by atoms with Gasteiger partial charge in [0.25, 0.3) is 0 Å². The van der Waals surface area contributed by atoms with Crippen LogP contribution < -0.4 is 0 Å². The number of hydrogen-bond donors (Lipinski definition) is 0. The highest BCUT2D eigenvalue weighted by molar-refractivity contribution is 7.89. The van der Waals surface area contributed by atoms with Crippen molar-refractivity contribution >= 4 is 10.0 Å². The summed E-state index contributed by atoms with van der Waals surface area (Å²) in [6.07, 6.45) is 1.74. The molecule has 1 fully saturated rings. The maximum absolute atomic E-state index is 12.0. The topological polar surface area (TPSA) is 64.4 Å². The number of nitriles is 1. The Balaban J connectivity index is 2.92. The highest BCUT2D eigenvalue weighted by Gasteiger charge is 2.42. The van der Waals surface area contributed by atoms with Gasteiger partial charge in [-0.15, -0.1) is 0 Å². The maximum atomic E-state index is 12.0. The van der Waals surface area contributed by atoms with Crippen molar-refractivity contribution in [3.05, 3.63) is 0 Å². The molecule has 0 saturated carbocycles. The zero-order chi connectivity index (χ0) is 13.1. The summed E-state index contributed by atoms with van der Waals surface area (Å²) in [4.78, 5) is 2.12. The molecule has 1 aliphatic rings. The van der Waals surface area contributed by atoms with E-state index in [0.717, 1.165) is 13.1 Å². The number of likely N-dealkylation sites (tertiary alicyclic amines) is 1. The van der Waals surface area contributed by atoms with E-state index in [9.17, 15) is 13.7 Å². The molecule has 17 heavy (non-hydrogen) atoms. The second-order valence-electron chi connectivity index (χ2n) is 4.73. The van der Waals surface area contributed by atoms with E-state index in [-0.39, 0.29) is 5.75 Å². The SMILES string of the molecule is CCCS(=O)(=O)N(C)C1(C#N)CCN(C)CC1. The molecule has 1 heterocycles. The van der Waals surface area contributed by atoms with Crippen LogP contribution in [0.25, 0.3) is 0 Å². The first-order chi connectivity index (χ1) is 7.88. The van der Waals surface area contributed by atoms with Crippen molar-refractivity contribution in [1.82, 2.24) is 9.21 Å². The maximum Gasteiger partial charge on any atom is 0.215 e. The minimum Gasteiger partial charge on any atom is -0.306 e. The summed E-state index contributed by atoms with van der Waals surface area (Å²) in [5, 5.41) is 9.36. The Bertz CT molecular complexity index is 391. The van der Waals surface area contributed by atoms with Crippen LogP contribution in [-0.2, 0) is 10.0 Å². The van der Waals surface area contributed by atoms with E-state index in [0.29, 0.717) is 19.3 Å². The van der Waals surface area contributed by atoms with Gasteiger partial charge in [0.15, 0.2) is 0 Å². The van der Waals surface area contributed by atoms with Crippen molar-refractivity contribution in [1.29, 1.82) is 5.26 Å². The summed E-state index contributed by atoms with van der Waals surface area (Å²) in [6.45, 7) is 3.36. The first-order valence-corrected chi connectivity index (χ1v) is 7.55. The van der Waals surface area contributed by atoms with Crippen molar-refractivity contribution in [3.63, 3.8) is 0 Å². The van der Waals surface area contributed by atoms with Gasteiger partial charge in [-0.1, -0.05) is 6.92 Å². The van der Waals surface area contributed by atoms with E-state index in [1.807, 2.05) is 14.0 Å². The first-order valence-electron chi connectivity index (χ1n) is 5.94. The molecule has 1 saturated heterocycles. The fourth-order valence-corrected chi connectivity index (χ4v) is 3.69. The van der Waals surface area contributed by atoms with Crippen molar-refractivity contribution in [3.8, 4) is 6.07 Å². The van der Waals surface area contributed by atoms with Crippen LogP contribution in [0.2, 0.25) is 0 Å². The predicted molar refractivity (Wildman–Crippen MR) is 66.9 cm³/mol. The van der Waals surface area contributed by atoms with E-state index < -0.39 is 15.6 Å². The van der Waals surface area contributed by atoms with Gasteiger partial charge in [0.05, 0.1) is 11.8 Å². The molecule has 0 aromatic heterocycles. The van der Waals surface area contributed by atoms with E-state index in [1.165, 1.54) is 4.31 Å². The number of sulfonamides is 1. The van der Waals surface area contributed by atoms with Crippen LogP contribution in [0.3, 0.4) is 0 Å². The van der Waals surface area contributed by atoms with Crippen molar-refractivity contribution in [2.45, 2.75) is 31.7 Å². The van der Waals surface area contributed by atoms with Gasteiger partial charge in [0.1, 0.15) is 5.54 Å². The van der Waals surface area contributed by atoms with Gasteiger partial charge >= 0.3 is 0 Å². The quantitative estimate of drug-likeness (QED) is 0.743. The lowest BCUT2D eigenvalue weighted by atomic mass is 9.89. The summed E-state index contributed by atoms with van der Waals surface area (Å²) in [5.41, 5.74) is -0.847. The molecule has 0 aromatic carbocycles. The fourth-order valence-electron chi connectivity index (χ4n) is 2.15. The summed E-state index contributed by atoms with van der Waals surface area (Å²) in [7, 11) is 0.223. The Morgan fingerprint density at radius 1 is 1.41 bits per heavy atom. The molecule has 0 aliphatic carbocycles. The Morgan fingerprint density at radius 3 is 2.35 bits per heavy atom. The molecule has 0 spiro atoms. The average Bonchev–Trinajstić information content (AvgIpc) is 2.30.